The second-order valence-electron chi connectivity index (χ2n) is 3.64. The van der Waals surface area contributed by atoms with Gasteiger partial charge in [0.2, 0.25) is 0 Å². The fourth-order valence-electron chi connectivity index (χ4n) is 1.46. The second-order valence-corrected chi connectivity index (χ2v) is 4.59. The van der Waals surface area contributed by atoms with Crippen LogP contribution >= 0.6 is 11.3 Å². The van der Waals surface area contributed by atoms with Crippen molar-refractivity contribution in [2.75, 3.05) is 26.2 Å². The van der Waals surface area contributed by atoms with E-state index < -0.39 is 0 Å². The van der Waals surface area contributed by atoms with Crippen molar-refractivity contribution in [2.24, 2.45) is 0 Å². The highest BCUT2D eigenvalue weighted by atomic mass is 32.1. The van der Waals surface area contributed by atoms with Gasteiger partial charge in [-0.2, -0.15) is 0 Å². The van der Waals surface area contributed by atoms with Crippen molar-refractivity contribution in [3.05, 3.63) is 22.4 Å². The van der Waals surface area contributed by atoms with Crippen LogP contribution in [0.1, 0.15) is 23.5 Å². The van der Waals surface area contributed by atoms with Crippen LogP contribution < -0.4 is 10.6 Å². The summed E-state index contributed by atoms with van der Waals surface area (Å²) < 4.78 is 0. The molecular weight excluding hydrogens is 250 g/mol. The minimum Gasteiger partial charge on any atom is -0.350 e. The lowest BCUT2D eigenvalue weighted by atomic mass is 10.4. The van der Waals surface area contributed by atoms with Gasteiger partial charge in [0.15, 0.2) is 0 Å². The Balaban J connectivity index is 2.19. The Morgan fingerprint density at radius 1 is 1.22 bits per heavy atom. The van der Waals surface area contributed by atoms with Gasteiger partial charge in [-0.1, -0.05) is 6.07 Å². The van der Waals surface area contributed by atoms with Crippen LogP contribution in [0.15, 0.2) is 17.5 Å². The van der Waals surface area contributed by atoms with E-state index >= 15 is 0 Å². The molecule has 1 aromatic rings. The molecule has 0 saturated carbocycles. The van der Waals surface area contributed by atoms with Gasteiger partial charge < -0.3 is 15.5 Å². The maximum absolute atomic E-state index is 11.6. The Morgan fingerprint density at radius 3 is 2.44 bits per heavy atom. The van der Waals surface area contributed by atoms with Crippen LogP contribution in [0.3, 0.4) is 0 Å². The van der Waals surface area contributed by atoms with Crippen molar-refractivity contribution in [3.8, 4) is 0 Å². The topological polar surface area (TPSA) is 61.4 Å². The van der Waals surface area contributed by atoms with Crippen molar-refractivity contribution in [3.63, 3.8) is 0 Å². The van der Waals surface area contributed by atoms with Crippen LogP contribution in [0.4, 0.5) is 4.79 Å². The molecule has 0 spiro atoms. The molecule has 1 rings (SSSR count). The lowest BCUT2D eigenvalue weighted by molar-refractivity contribution is 0.0957. The van der Waals surface area contributed by atoms with Gasteiger partial charge in [-0.05, 0) is 25.3 Å². The third-order valence-corrected chi connectivity index (χ3v) is 3.35. The molecule has 0 aromatic carbocycles. The molecule has 6 heteroatoms. The largest absolute Gasteiger partial charge is 0.350 e. The molecular formula is C12H19N3O2S. The van der Waals surface area contributed by atoms with E-state index in [1.807, 2.05) is 25.3 Å². The van der Waals surface area contributed by atoms with Crippen molar-refractivity contribution in [1.82, 2.24) is 15.5 Å². The van der Waals surface area contributed by atoms with Gasteiger partial charge in [-0.15, -0.1) is 11.3 Å². The Kier molecular flexibility index (Phi) is 6.21. The first kappa shape index (κ1) is 14.5. The SMILES string of the molecule is CCN(CC)C(=O)NCCNC(=O)c1cccs1. The minimum absolute atomic E-state index is 0.0922. The van der Waals surface area contributed by atoms with E-state index in [2.05, 4.69) is 10.6 Å². The van der Waals surface area contributed by atoms with Gasteiger partial charge in [0, 0.05) is 26.2 Å². The number of urea groups is 1. The Hall–Kier alpha value is -1.56. The Labute approximate surface area is 111 Å². The van der Waals surface area contributed by atoms with Crippen LogP contribution in [0.2, 0.25) is 0 Å². The standard InChI is InChI=1S/C12H19N3O2S/c1-3-15(4-2)12(17)14-8-7-13-11(16)10-6-5-9-18-10/h5-6,9H,3-4,7-8H2,1-2H3,(H,13,16)(H,14,17). The summed E-state index contributed by atoms with van der Waals surface area (Å²) in [4.78, 5) is 25.5. The van der Waals surface area contributed by atoms with E-state index in [0.29, 0.717) is 31.1 Å². The van der Waals surface area contributed by atoms with Crippen LogP contribution in [-0.2, 0) is 0 Å². The van der Waals surface area contributed by atoms with Crippen molar-refractivity contribution >= 4 is 23.3 Å². The van der Waals surface area contributed by atoms with E-state index in [1.165, 1.54) is 11.3 Å². The van der Waals surface area contributed by atoms with Crippen LogP contribution in [0.5, 0.6) is 0 Å². The summed E-state index contributed by atoms with van der Waals surface area (Å²) in [6.45, 7) is 6.10. The highest BCUT2D eigenvalue weighted by Gasteiger charge is 2.08. The van der Waals surface area contributed by atoms with Crippen LogP contribution in [-0.4, -0.2) is 43.0 Å². The van der Waals surface area contributed by atoms with E-state index in [4.69, 9.17) is 0 Å². The van der Waals surface area contributed by atoms with E-state index in [0.717, 1.165) is 0 Å². The number of carbonyl (C=O) groups is 2. The predicted octanol–water partition coefficient (Wildman–Crippen LogP) is 1.53. The lowest BCUT2D eigenvalue weighted by Crippen LogP contribution is -2.42. The molecule has 3 amide bonds. The summed E-state index contributed by atoms with van der Waals surface area (Å²) in [5, 5.41) is 7.37. The number of rotatable bonds is 6. The number of nitrogens with zero attached hydrogens (tertiary/aromatic N) is 1. The number of nitrogens with one attached hydrogen (secondary N) is 2. The Morgan fingerprint density at radius 2 is 1.89 bits per heavy atom. The van der Waals surface area contributed by atoms with Crippen molar-refractivity contribution in [1.29, 1.82) is 0 Å². The van der Waals surface area contributed by atoms with E-state index in [-0.39, 0.29) is 11.9 Å². The zero-order valence-corrected chi connectivity index (χ0v) is 11.5. The van der Waals surface area contributed by atoms with Crippen LogP contribution in [0, 0.1) is 0 Å². The molecule has 1 aromatic heterocycles. The molecule has 100 valence electrons. The molecule has 0 bridgehead atoms. The van der Waals surface area contributed by atoms with Gasteiger partial charge in [0.1, 0.15) is 0 Å². The highest BCUT2D eigenvalue weighted by Crippen LogP contribution is 2.07. The van der Waals surface area contributed by atoms with E-state index in [1.54, 1.807) is 11.0 Å². The third-order valence-electron chi connectivity index (χ3n) is 2.48. The summed E-state index contributed by atoms with van der Waals surface area (Å²) in [6.07, 6.45) is 0. The van der Waals surface area contributed by atoms with Crippen molar-refractivity contribution in [2.45, 2.75) is 13.8 Å². The molecule has 1 heterocycles. The minimum atomic E-state index is -0.0953. The summed E-state index contributed by atoms with van der Waals surface area (Å²) in [5.74, 6) is -0.0953. The lowest BCUT2D eigenvalue weighted by Gasteiger charge is -2.19. The number of hydrogen-bond acceptors (Lipinski definition) is 3. The quantitative estimate of drug-likeness (QED) is 0.769. The highest BCUT2D eigenvalue weighted by molar-refractivity contribution is 7.12. The number of carbonyl (C=O) groups excluding carboxylic acids is 2. The molecule has 0 fully saturated rings. The molecule has 0 unspecified atom stereocenters. The third kappa shape index (κ3) is 4.37. The number of hydrogen-bond donors (Lipinski definition) is 2. The molecule has 18 heavy (non-hydrogen) atoms. The van der Waals surface area contributed by atoms with Gasteiger partial charge in [-0.25, -0.2) is 4.79 Å². The van der Waals surface area contributed by atoms with Gasteiger partial charge in [0.05, 0.1) is 4.88 Å². The summed E-state index contributed by atoms with van der Waals surface area (Å²) in [7, 11) is 0. The summed E-state index contributed by atoms with van der Waals surface area (Å²) in [5.41, 5.74) is 0. The molecule has 0 saturated heterocycles. The van der Waals surface area contributed by atoms with Gasteiger partial charge >= 0.3 is 6.03 Å². The van der Waals surface area contributed by atoms with Gasteiger partial charge in [-0.3, -0.25) is 4.79 Å². The molecule has 0 aliphatic heterocycles. The zero-order chi connectivity index (χ0) is 13.4. The maximum Gasteiger partial charge on any atom is 0.317 e. The molecule has 0 radical (unpaired) electrons. The second kappa shape index (κ2) is 7.71. The fourth-order valence-corrected chi connectivity index (χ4v) is 2.10. The fraction of sp³-hybridized carbons (Fsp3) is 0.500. The number of amides is 3. The van der Waals surface area contributed by atoms with Gasteiger partial charge in [0.25, 0.3) is 5.91 Å². The average Bonchev–Trinajstić information content (AvgIpc) is 2.89. The molecule has 0 aliphatic carbocycles. The van der Waals surface area contributed by atoms with Crippen molar-refractivity contribution < 1.29 is 9.59 Å². The average molecular weight is 269 g/mol. The molecule has 5 nitrogen and oxygen atoms in total. The molecule has 2 N–H and O–H groups in total. The summed E-state index contributed by atoms with van der Waals surface area (Å²) >= 11 is 1.40. The Bertz CT molecular complexity index is 375. The first-order valence-corrected chi connectivity index (χ1v) is 6.91. The van der Waals surface area contributed by atoms with Crippen LogP contribution in [0.25, 0.3) is 0 Å². The van der Waals surface area contributed by atoms with E-state index in [9.17, 15) is 9.59 Å². The smallest absolute Gasteiger partial charge is 0.317 e. The summed E-state index contributed by atoms with van der Waals surface area (Å²) in [6, 6.07) is 3.52. The zero-order valence-electron chi connectivity index (χ0n) is 10.7. The first-order chi connectivity index (χ1) is 8.69. The first-order valence-electron chi connectivity index (χ1n) is 6.03. The molecule has 0 atom stereocenters. The monoisotopic (exact) mass is 269 g/mol. The normalized spacial score (nSPS) is 9.89. The number of thiophene rings is 1. The maximum atomic E-state index is 11.6. The predicted molar refractivity (Wildman–Crippen MR) is 73.0 cm³/mol. The molecule has 0 aliphatic rings.